The Morgan fingerprint density at radius 1 is 1.54 bits per heavy atom. The molecule has 0 fully saturated rings. The Bertz CT molecular complexity index is 302. The lowest BCUT2D eigenvalue weighted by atomic mass is 10.3. The highest BCUT2D eigenvalue weighted by molar-refractivity contribution is 9.15. The van der Waals surface area contributed by atoms with Crippen LogP contribution in [0.5, 0.6) is 0 Å². The van der Waals surface area contributed by atoms with Crippen molar-refractivity contribution < 1.29 is 0 Å². The Morgan fingerprint density at radius 3 is 2.38 bits per heavy atom. The predicted molar refractivity (Wildman–Crippen MR) is 66.3 cm³/mol. The Balaban J connectivity index is 0.000000671. The number of aromatic nitrogens is 1. The predicted octanol–water partition coefficient (Wildman–Crippen LogP) is 4.49. The van der Waals surface area contributed by atoms with Crippen molar-refractivity contribution in [3.8, 4) is 0 Å². The summed E-state index contributed by atoms with van der Waals surface area (Å²) in [4.78, 5) is 5.36. The first-order valence-corrected chi connectivity index (χ1v) is 5.70. The summed E-state index contributed by atoms with van der Waals surface area (Å²) in [6, 6.07) is 0. The molecule has 0 aliphatic rings. The molecule has 1 aromatic heterocycles. The Hall–Kier alpha value is -0.410. The zero-order valence-electron chi connectivity index (χ0n) is 8.22. The normalized spacial score (nSPS) is 8.62. The smallest absolute Gasteiger partial charge is 0.0950 e. The lowest BCUT2D eigenvalue weighted by molar-refractivity contribution is 1.27. The highest BCUT2D eigenvalue weighted by Gasteiger charge is 2.06. The third-order valence-electron chi connectivity index (χ3n) is 1.20. The maximum Gasteiger partial charge on any atom is 0.0950 e. The van der Waals surface area contributed by atoms with Gasteiger partial charge in [0.2, 0.25) is 0 Å². The quantitative estimate of drug-likeness (QED) is 0.763. The van der Waals surface area contributed by atoms with Crippen LogP contribution < -0.4 is 0 Å². The summed E-state index contributed by atoms with van der Waals surface area (Å²) in [7, 11) is 0. The Morgan fingerprint density at radius 2 is 2.08 bits per heavy atom. The zero-order valence-corrected chi connectivity index (χ0v) is 10.6. The molecule has 0 aliphatic carbocycles. The molecule has 0 atom stereocenters. The molecule has 0 bridgehead atoms. The van der Waals surface area contributed by atoms with Gasteiger partial charge in [0.25, 0.3) is 0 Å². The SMILES string of the molecule is C=Cc1sc(C)nc1C(=C)Br.CC. The van der Waals surface area contributed by atoms with E-state index in [2.05, 4.69) is 34.1 Å². The van der Waals surface area contributed by atoms with Gasteiger partial charge in [-0.05, 0) is 28.9 Å². The van der Waals surface area contributed by atoms with E-state index < -0.39 is 0 Å². The molecule has 0 N–H and O–H groups in total. The van der Waals surface area contributed by atoms with Crippen molar-refractivity contribution >= 4 is 37.8 Å². The number of aryl methyl sites for hydroxylation is 1. The molecule has 1 nitrogen and oxygen atoms in total. The summed E-state index contributed by atoms with van der Waals surface area (Å²) >= 11 is 4.91. The second-order valence-electron chi connectivity index (χ2n) is 2.05. The molecular weight excluding hydrogens is 246 g/mol. The molecule has 1 aromatic rings. The van der Waals surface area contributed by atoms with Gasteiger partial charge in [0, 0.05) is 4.48 Å². The largest absolute Gasteiger partial charge is 0.240 e. The first-order valence-electron chi connectivity index (χ1n) is 4.09. The van der Waals surface area contributed by atoms with E-state index in [0.717, 1.165) is 20.1 Å². The highest BCUT2D eigenvalue weighted by atomic mass is 79.9. The molecular formula is C10H14BrNS. The van der Waals surface area contributed by atoms with Gasteiger partial charge in [0.15, 0.2) is 0 Å². The molecule has 0 aromatic carbocycles. The van der Waals surface area contributed by atoms with E-state index in [-0.39, 0.29) is 0 Å². The summed E-state index contributed by atoms with van der Waals surface area (Å²) in [5, 5.41) is 1.04. The van der Waals surface area contributed by atoms with E-state index in [4.69, 9.17) is 0 Å². The molecule has 1 rings (SSSR count). The highest BCUT2D eigenvalue weighted by Crippen LogP contribution is 2.27. The number of halogens is 1. The zero-order chi connectivity index (χ0) is 10.4. The second kappa shape index (κ2) is 6.11. The minimum atomic E-state index is 0.816. The number of nitrogens with zero attached hydrogens (tertiary/aromatic N) is 1. The van der Waals surface area contributed by atoms with E-state index in [1.54, 1.807) is 17.4 Å². The van der Waals surface area contributed by atoms with Crippen LogP contribution in [0, 0.1) is 6.92 Å². The molecule has 3 heteroatoms. The number of hydrogen-bond donors (Lipinski definition) is 0. The standard InChI is InChI=1S/C8H8BrNS.C2H6/c1-4-7-8(5(2)9)10-6(3)11-7;1-2/h4H,1-2H2,3H3;1-2H3. The van der Waals surface area contributed by atoms with Crippen molar-refractivity contribution in [2.24, 2.45) is 0 Å². The van der Waals surface area contributed by atoms with Gasteiger partial charge in [-0.1, -0.05) is 27.0 Å². The van der Waals surface area contributed by atoms with Gasteiger partial charge in [-0.15, -0.1) is 11.3 Å². The minimum absolute atomic E-state index is 0.816. The van der Waals surface area contributed by atoms with Crippen molar-refractivity contribution in [1.82, 2.24) is 4.98 Å². The summed E-state index contributed by atoms with van der Waals surface area (Å²) in [5.41, 5.74) is 0.905. The van der Waals surface area contributed by atoms with Crippen LogP contribution in [0.25, 0.3) is 10.6 Å². The molecule has 0 aliphatic heterocycles. The van der Waals surface area contributed by atoms with Gasteiger partial charge in [0.05, 0.1) is 15.6 Å². The second-order valence-corrected chi connectivity index (χ2v) is 4.25. The Labute approximate surface area is 92.3 Å². The van der Waals surface area contributed by atoms with Gasteiger partial charge in [-0.3, -0.25) is 0 Å². The van der Waals surface area contributed by atoms with Crippen LogP contribution in [0.1, 0.15) is 29.4 Å². The van der Waals surface area contributed by atoms with Gasteiger partial charge < -0.3 is 0 Å². The van der Waals surface area contributed by atoms with Crippen molar-refractivity contribution in [1.29, 1.82) is 0 Å². The van der Waals surface area contributed by atoms with Crippen LogP contribution in [-0.4, -0.2) is 4.98 Å². The average Bonchev–Trinajstić information content (AvgIpc) is 2.50. The molecule has 1 heterocycles. The van der Waals surface area contributed by atoms with Crippen LogP contribution >= 0.6 is 27.3 Å². The minimum Gasteiger partial charge on any atom is -0.240 e. The van der Waals surface area contributed by atoms with E-state index in [1.807, 2.05) is 20.8 Å². The summed E-state index contributed by atoms with van der Waals surface area (Å²) in [6.07, 6.45) is 1.80. The summed E-state index contributed by atoms with van der Waals surface area (Å²) in [5.74, 6) is 0. The molecule has 0 saturated carbocycles. The third kappa shape index (κ3) is 3.44. The third-order valence-corrected chi connectivity index (χ3v) is 2.54. The van der Waals surface area contributed by atoms with Crippen molar-refractivity contribution in [2.75, 3.05) is 0 Å². The average molecular weight is 260 g/mol. The molecule has 0 spiro atoms. The molecule has 72 valence electrons. The monoisotopic (exact) mass is 259 g/mol. The maximum absolute atomic E-state index is 4.28. The first kappa shape index (κ1) is 12.6. The van der Waals surface area contributed by atoms with Crippen LogP contribution in [0.3, 0.4) is 0 Å². The van der Waals surface area contributed by atoms with Crippen molar-refractivity contribution in [2.45, 2.75) is 20.8 Å². The number of thiazole rings is 1. The van der Waals surface area contributed by atoms with Gasteiger partial charge in [-0.2, -0.15) is 0 Å². The topological polar surface area (TPSA) is 12.9 Å². The van der Waals surface area contributed by atoms with Gasteiger partial charge in [-0.25, -0.2) is 4.98 Å². The fraction of sp³-hybridized carbons (Fsp3) is 0.300. The fourth-order valence-corrected chi connectivity index (χ4v) is 2.01. The van der Waals surface area contributed by atoms with Crippen molar-refractivity contribution in [3.05, 3.63) is 28.7 Å². The van der Waals surface area contributed by atoms with E-state index in [0.29, 0.717) is 0 Å². The van der Waals surface area contributed by atoms with Gasteiger partial charge in [0.1, 0.15) is 0 Å². The van der Waals surface area contributed by atoms with E-state index in [1.165, 1.54) is 0 Å². The lowest BCUT2D eigenvalue weighted by Crippen LogP contribution is -1.77. The lowest BCUT2D eigenvalue weighted by Gasteiger charge is -1.90. The molecule has 0 saturated heterocycles. The van der Waals surface area contributed by atoms with E-state index >= 15 is 0 Å². The fourth-order valence-electron chi connectivity index (χ4n) is 0.776. The van der Waals surface area contributed by atoms with Crippen LogP contribution in [0.4, 0.5) is 0 Å². The molecule has 13 heavy (non-hydrogen) atoms. The van der Waals surface area contributed by atoms with Crippen LogP contribution in [0.15, 0.2) is 13.2 Å². The summed E-state index contributed by atoms with van der Waals surface area (Å²) < 4.78 is 0.816. The Kier molecular flexibility index (Phi) is 5.91. The van der Waals surface area contributed by atoms with E-state index in [9.17, 15) is 0 Å². The molecule has 0 unspecified atom stereocenters. The van der Waals surface area contributed by atoms with Crippen LogP contribution in [-0.2, 0) is 0 Å². The maximum atomic E-state index is 4.28. The van der Waals surface area contributed by atoms with Crippen LogP contribution in [0.2, 0.25) is 0 Å². The summed E-state index contributed by atoms with van der Waals surface area (Å²) in [6.45, 7) is 13.4. The molecule has 0 radical (unpaired) electrons. The first-order chi connectivity index (χ1) is 6.15. The molecule has 0 amide bonds. The number of hydrogen-bond acceptors (Lipinski definition) is 2. The van der Waals surface area contributed by atoms with Crippen molar-refractivity contribution in [3.63, 3.8) is 0 Å². The number of rotatable bonds is 2. The van der Waals surface area contributed by atoms with Gasteiger partial charge >= 0.3 is 0 Å².